The summed E-state index contributed by atoms with van der Waals surface area (Å²) < 4.78 is 29.5. The zero-order chi connectivity index (χ0) is 14.0. The number of ether oxygens (including phenoxy) is 1. The van der Waals surface area contributed by atoms with Crippen LogP contribution in [0.15, 0.2) is 17.2 Å². The van der Waals surface area contributed by atoms with Crippen molar-refractivity contribution in [2.45, 2.75) is 43.5 Å². The zero-order valence-electron chi connectivity index (χ0n) is 10.8. The maximum Gasteiger partial charge on any atom is 0.354 e. The Morgan fingerprint density at radius 1 is 1.53 bits per heavy atom. The van der Waals surface area contributed by atoms with Crippen LogP contribution in [0.1, 0.15) is 49.1 Å². The van der Waals surface area contributed by atoms with Crippen LogP contribution in [-0.2, 0) is 14.8 Å². The fourth-order valence-electron chi connectivity index (χ4n) is 1.81. The van der Waals surface area contributed by atoms with Gasteiger partial charge in [0.15, 0.2) is 0 Å². The van der Waals surface area contributed by atoms with E-state index in [2.05, 4.69) is 0 Å². The fraction of sp³-hybridized carbons (Fsp3) is 0.583. The minimum absolute atomic E-state index is 0.0400. The van der Waals surface area contributed by atoms with Gasteiger partial charge in [-0.3, -0.25) is 0 Å². The number of carbonyl (C=O) groups is 1. The van der Waals surface area contributed by atoms with Crippen LogP contribution in [0.5, 0.6) is 0 Å². The highest BCUT2D eigenvalue weighted by molar-refractivity contribution is 7.89. The Labute approximate surface area is 112 Å². The number of sulfonamides is 1. The van der Waals surface area contributed by atoms with Gasteiger partial charge in [0.25, 0.3) is 0 Å². The molecule has 106 valence electrons. The predicted octanol–water partition coefficient (Wildman–Crippen LogP) is 1.43. The largest absolute Gasteiger partial charge is 0.461 e. The van der Waals surface area contributed by atoms with E-state index in [0.29, 0.717) is 6.61 Å². The summed E-state index contributed by atoms with van der Waals surface area (Å²) in [5.74, 6) is -0.491. The molecular weight excluding hydrogens is 268 g/mol. The van der Waals surface area contributed by atoms with Crippen LogP contribution >= 0.6 is 0 Å². The maximum atomic E-state index is 11.9. The van der Waals surface area contributed by atoms with Gasteiger partial charge in [0.05, 0.1) is 6.61 Å². The number of esters is 1. The highest BCUT2D eigenvalue weighted by Gasteiger charge is 2.30. The van der Waals surface area contributed by atoms with E-state index in [1.54, 1.807) is 4.57 Å². The lowest BCUT2D eigenvalue weighted by molar-refractivity contribution is 0.0487. The topological polar surface area (TPSA) is 91.4 Å². The molecule has 7 heteroatoms. The molecular formula is C12H18N2O4S. The molecule has 6 nitrogen and oxygen atoms in total. The summed E-state index contributed by atoms with van der Waals surface area (Å²) in [5, 5.41) is 5.09. The van der Waals surface area contributed by atoms with Crippen LogP contribution in [0.3, 0.4) is 0 Å². The maximum absolute atomic E-state index is 11.9. The molecule has 0 unspecified atom stereocenters. The number of hydrogen-bond acceptors (Lipinski definition) is 4. The Hall–Kier alpha value is -1.34. The third-order valence-corrected chi connectivity index (χ3v) is 3.91. The average Bonchev–Trinajstić information content (AvgIpc) is 3.06. The molecule has 0 radical (unpaired) electrons. The first-order valence-electron chi connectivity index (χ1n) is 6.35. The molecule has 1 heterocycles. The van der Waals surface area contributed by atoms with Crippen molar-refractivity contribution >= 4 is 16.0 Å². The summed E-state index contributed by atoms with van der Waals surface area (Å²) in [6.45, 7) is 2.34. The average molecular weight is 286 g/mol. The second-order valence-electron chi connectivity index (χ2n) is 4.73. The minimum Gasteiger partial charge on any atom is -0.461 e. The zero-order valence-corrected chi connectivity index (χ0v) is 11.6. The Morgan fingerprint density at radius 3 is 2.74 bits per heavy atom. The fourth-order valence-corrected chi connectivity index (χ4v) is 2.35. The SMILES string of the molecule is CCCCOC(=O)c1cc(S(N)(=O)=O)cn1C1CC1. The Kier molecular flexibility index (Phi) is 3.96. The summed E-state index contributed by atoms with van der Waals surface area (Å²) >= 11 is 0. The van der Waals surface area contributed by atoms with Gasteiger partial charge in [-0.1, -0.05) is 13.3 Å². The molecule has 0 atom stereocenters. The normalized spacial score (nSPS) is 15.5. The quantitative estimate of drug-likeness (QED) is 0.632. The van der Waals surface area contributed by atoms with Gasteiger partial charge in [-0.05, 0) is 25.3 Å². The van der Waals surface area contributed by atoms with Crippen molar-refractivity contribution in [3.63, 3.8) is 0 Å². The molecule has 0 bridgehead atoms. The van der Waals surface area contributed by atoms with E-state index in [1.165, 1.54) is 12.3 Å². The molecule has 1 aromatic rings. The second-order valence-corrected chi connectivity index (χ2v) is 6.30. The van der Waals surface area contributed by atoms with Gasteiger partial charge >= 0.3 is 5.97 Å². The van der Waals surface area contributed by atoms with Gasteiger partial charge < -0.3 is 9.30 Å². The summed E-state index contributed by atoms with van der Waals surface area (Å²) in [7, 11) is -3.80. The number of rotatable bonds is 6. The molecule has 0 amide bonds. The third-order valence-electron chi connectivity index (χ3n) is 3.03. The summed E-state index contributed by atoms with van der Waals surface area (Å²) in [6.07, 6.45) is 5.02. The van der Waals surface area contributed by atoms with Crippen LogP contribution in [0.4, 0.5) is 0 Å². The number of aromatic nitrogens is 1. The molecule has 1 saturated carbocycles. The first kappa shape index (κ1) is 14.1. The lowest BCUT2D eigenvalue weighted by Crippen LogP contribution is -2.11. The van der Waals surface area contributed by atoms with Gasteiger partial charge in [0.1, 0.15) is 10.6 Å². The van der Waals surface area contributed by atoms with E-state index < -0.39 is 16.0 Å². The van der Waals surface area contributed by atoms with E-state index in [4.69, 9.17) is 9.88 Å². The molecule has 0 aliphatic heterocycles. The molecule has 1 aliphatic carbocycles. The second kappa shape index (κ2) is 5.34. The van der Waals surface area contributed by atoms with Crippen molar-refractivity contribution in [3.8, 4) is 0 Å². The Balaban J connectivity index is 2.23. The smallest absolute Gasteiger partial charge is 0.354 e. The van der Waals surface area contributed by atoms with Crippen molar-refractivity contribution in [2.24, 2.45) is 5.14 Å². The highest BCUT2D eigenvalue weighted by atomic mass is 32.2. The van der Waals surface area contributed by atoms with Crippen molar-refractivity contribution in [2.75, 3.05) is 6.61 Å². The number of hydrogen-bond donors (Lipinski definition) is 1. The van der Waals surface area contributed by atoms with Crippen LogP contribution in [0, 0.1) is 0 Å². The standard InChI is InChI=1S/C12H18N2O4S/c1-2-3-6-18-12(15)11-7-10(19(13,16)17)8-14(11)9-4-5-9/h7-9H,2-6H2,1H3,(H2,13,16,17). The molecule has 2 rings (SSSR count). The van der Waals surface area contributed by atoms with Gasteiger partial charge in [-0.2, -0.15) is 0 Å². The van der Waals surface area contributed by atoms with Crippen LogP contribution < -0.4 is 5.14 Å². The molecule has 1 aromatic heterocycles. The van der Waals surface area contributed by atoms with Crippen LogP contribution in [0.2, 0.25) is 0 Å². The van der Waals surface area contributed by atoms with Crippen molar-refractivity contribution in [3.05, 3.63) is 18.0 Å². The molecule has 1 aliphatic rings. The van der Waals surface area contributed by atoms with Gasteiger partial charge in [0.2, 0.25) is 10.0 Å². The van der Waals surface area contributed by atoms with Gasteiger partial charge in [-0.25, -0.2) is 18.4 Å². The van der Waals surface area contributed by atoms with E-state index in [0.717, 1.165) is 25.7 Å². The molecule has 1 fully saturated rings. The first-order chi connectivity index (χ1) is 8.93. The number of nitrogens with two attached hydrogens (primary N) is 1. The Morgan fingerprint density at radius 2 is 2.21 bits per heavy atom. The van der Waals surface area contributed by atoms with E-state index >= 15 is 0 Å². The Bertz CT molecular complexity index is 573. The van der Waals surface area contributed by atoms with Crippen molar-refractivity contribution < 1.29 is 17.9 Å². The number of carbonyl (C=O) groups excluding carboxylic acids is 1. The predicted molar refractivity (Wildman–Crippen MR) is 69.3 cm³/mol. The number of unbranched alkanes of at least 4 members (excludes halogenated alkanes) is 1. The first-order valence-corrected chi connectivity index (χ1v) is 7.90. The third kappa shape index (κ3) is 3.36. The number of nitrogens with zero attached hydrogens (tertiary/aromatic N) is 1. The lowest BCUT2D eigenvalue weighted by atomic mass is 10.3. The summed E-state index contributed by atoms with van der Waals surface area (Å²) in [4.78, 5) is 11.9. The summed E-state index contributed by atoms with van der Waals surface area (Å²) in [6, 6.07) is 1.48. The molecule has 0 saturated heterocycles. The minimum atomic E-state index is -3.80. The van der Waals surface area contributed by atoms with E-state index in [1.807, 2.05) is 6.92 Å². The van der Waals surface area contributed by atoms with Crippen LogP contribution in [-0.4, -0.2) is 25.6 Å². The molecule has 0 aromatic carbocycles. The molecule has 0 spiro atoms. The summed E-state index contributed by atoms with van der Waals surface area (Å²) in [5.41, 5.74) is 0.266. The monoisotopic (exact) mass is 286 g/mol. The van der Waals surface area contributed by atoms with Crippen molar-refractivity contribution in [1.82, 2.24) is 4.57 Å². The van der Waals surface area contributed by atoms with Gasteiger partial charge in [-0.15, -0.1) is 0 Å². The van der Waals surface area contributed by atoms with Crippen molar-refractivity contribution in [1.29, 1.82) is 0 Å². The van der Waals surface area contributed by atoms with Crippen LogP contribution in [0.25, 0.3) is 0 Å². The lowest BCUT2D eigenvalue weighted by Gasteiger charge is -2.07. The van der Waals surface area contributed by atoms with E-state index in [9.17, 15) is 13.2 Å². The molecule has 2 N–H and O–H groups in total. The number of primary sulfonamides is 1. The molecule has 19 heavy (non-hydrogen) atoms. The van der Waals surface area contributed by atoms with Gasteiger partial charge in [0, 0.05) is 12.2 Å². The highest BCUT2D eigenvalue weighted by Crippen LogP contribution is 2.37. The van der Waals surface area contributed by atoms with E-state index in [-0.39, 0.29) is 16.6 Å².